The van der Waals surface area contributed by atoms with E-state index >= 15 is 0 Å². The van der Waals surface area contributed by atoms with Gasteiger partial charge in [0.05, 0.1) is 34.8 Å². The zero-order valence-electron chi connectivity index (χ0n) is 16.8. The van der Waals surface area contributed by atoms with Crippen molar-refractivity contribution in [1.82, 2.24) is 9.97 Å². The highest BCUT2D eigenvalue weighted by Gasteiger charge is 2.36. The van der Waals surface area contributed by atoms with E-state index in [1.165, 1.54) is 6.20 Å². The number of nitrogens with zero attached hydrogens (tertiary/aromatic N) is 3. The first-order chi connectivity index (χ1) is 15.1. The van der Waals surface area contributed by atoms with Crippen LogP contribution < -0.4 is 10.6 Å². The normalized spacial score (nSPS) is 17.4. The second-order valence-corrected chi connectivity index (χ2v) is 8.15. The van der Waals surface area contributed by atoms with Crippen LogP contribution in [0.1, 0.15) is 23.6 Å². The zero-order valence-corrected chi connectivity index (χ0v) is 17.5. The molecular weight excluding hydrogens is 443 g/mol. The van der Waals surface area contributed by atoms with Crippen LogP contribution in [-0.4, -0.2) is 28.2 Å². The lowest BCUT2D eigenvalue weighted by Gasteiger charge is -2.21. The summed E-state index contributed by atoms with van der Waals surface area (Å²) in [7, 11) is 0. The van der Waals surface area contributed by atoms with E-state index in [-0.39, 0.29) is 23.3 Å². The molecule has 0 saturated heterocycles. The molecule has 164 valence electrons. The Morgan fingerprint density at radius 1 is 1.28 bits per heavy atom. The van der Waals surface area contributed by atoms with Crippen LogP contribution in [0.2, 0.25) is 5.02 Å². The van der Waals surface area contributed by atoms with E-state index in [0.29, 0.717) is 29.1 Å². The monoisotopic (exact) mass is 459 g/mol. The van der Waals surface area contributed by atoms with E-state index in [1.54, 1.807) is 12.1 Å². The summed E-state index contributed by atoms with van der Waals surface area (Å²) in [4.78, 5) is 8.36. The predicted octanol–water partition coefficient (Wildman–Crippen LogP) is 5.11. The summed E-state index contributed by atoms with van der Waals surface area (Å²) < 4.78 is 40.1. The van der Waals surface area contributed by atoms with Crippen LogP contribution in [0.5, 0.6) is 0 Å². The topological polar surface area (TPSA) is 93.9 Å². The molecule has 3 N–H and O–H groups in total. The summed E-state index contributed by atoms with van der Waals surface area (Å²) in [5, 5.41) is 25.3. The Morgan fingerprint density at radius 2 is 2.06 bits per heavy atom. The van der Waals surface area contributed by atoms with Crippen molar-refractivity contribution < 1.29 is 18.3 Å². The molecule has 0 saturated carbocycles. The minimum atomic E-state index is -4.59. The summed E-state index contributed by atoms with van der Waals surface area (Å²) in [5.74, 6) is -0.0580. The largest absolute Gasteiger partial charge is 0.418 e. The van der Waals surface area contributed by atoms with Gasteiger partial charge in [-0.3, -0.25) is 0 Å². The standard InChI is InChI=1S/C22H17ClF3N5O/c1-21(11-32)10-29-19-13(9-27)6-12(7-16(19)21)17-4-5-28-20(30-17)31-18-8-14(23)2-3-15(18)22(24,25)26/h2-8,29,32H,10-11H2,1H3,(H,28,30,31). The van der Waals surface area contributed by atoms with Crippen LogP contribution in [0, 0.1) is 11.3 Å². The van der Waals surface area contributed by atoms with Crippen molar-refractivity contribution in [2.24, 2.45) is 0 Å². The second-order valence-electron chi connectivity index (χ2n) is 7.71. The van der Waals surface area contributed by atoms with E-state index in [2.05, 4.69) is 26.7 Å². The molecule has 0 radical (unpaired) electrons. The van der Waals surface area contributed by atoms with Gasteiger partial charge >= 0.3 is 6.18 Å². The summed E-state index contributed by atoms with van der Waals surface area (Å²) in [5.41, 5.74) is 1.06. The first kappa shape index (κ1) is 21.9. The third kappa shape index (κ3) is 3.95. The first-order valence-electron chi connectivity index (χ1n) is 9.55. The molecule has 10 heteroatoms. The average molecular weight is 460 g/mol. The second kappa shape index (κ2) is 7.97. The highest BCUT2D eigenvalue weighted by Crippen LogP contribution is 2.41. The molecule has 0 fully saturated rings. The van der Waals surface area contributed by atoms with Crippen LogP contribution in [0.3, 0.4) is 0 Å². The number of aliphatic hydroxyl groups excluding tert-OH is 1. The Hall–Kier alpha value is -3.35. The number of aromatic nitrogens is 2. The van der Waals surface area contributed by atoms with Crippen LogP contribution >= 0.6 is 11.6 Å². The molecule has 1 aliphatic heterocycles. The van der Waals surface area contributed by atoms with E-state index in [0.717, 1.165) is 23.8 Å². The van der Waals surface area contributed by atoms with Gasteiger partial charge in [-0.25, -0.2) is 9.97 Å². The molecule has 1 unspecified atom stereocenters. The smallest absolute Gasteiger partial charge is 0.395 e. The zero-order chi connectivity index (χ0) is 23.1. The van der Waals surface area contributed by atoms with Crippen LogP contribution in [0.4, 0.5) is 30.5 Å². The predicted molar refractivity (Wildman–Crippen MR) is 115 cm³/mol. The van der Waals surface area contributed by atoms with Crippen molar-refractivity contribution >= 4 is 28.9 Å². The Bertz CT molecular complexity index is 1240. The lowest BCUT2D eigenvalue weighted by molar-refractivity contribution is -0.136. The summed E-state index contributed by atoms with van der Waals surface area (Å²) in [6.07, 6.45) is -3.18. The molecule has 1 aliphatic rings. The molecule has 0 aliphatic carbocycles. The van der Waals surface area contributed by atoms with Crippen LogP contribution in [0.25, 0.3) is 11.3 Å². The van der Waals surface area contributed by atoms with Gasteiger partial charge < -0.3 is 15.7 Å². The SMILES string of the molecule is CC1(CO)CNc2c(C#N)cc(-c3ccnc(Nc4cc(Cl)ccc4C(F)(F)F)n3)cc21. The van der Waals surface area contributed by atoms with Crippen molar-refractivity contribution in [2.75, 3.05) is 23.8 Å². The number of hydrogen-bond donors (Lipinski definition) is 3. The number of nitrogens with one attached hydrogen (secondary N) is 2. The fraction of sp³-hybridized carbons (Fsp3) is 0.227. The number of aliphatic hydroxyl groups is 1. The van der Waals surface area contributed by atoms with Gasteiger partial charge in [0.2, 0.25) is 5.95 Å². The minimum Gasteiger partial charge on any atom is -0.395 e. The molecule has 2 aromatic carbocycles. The van der Waals surface area contributed by atoms with Gasteiger partial charge in [-0.1, -0.05) is 18.5 Å². The summed E-state index contributed by atoms with van der Waals surface area (Å²) in [6.45, 7) is 2.23. The number of benzene rings is 2. The Morgan fingerprint density at radius 3 is 2.75 bits per heavy atom. The summed E-state index contributed by atoms with van der Waals surface area (Å²) >= 11 is 5.88. The molecule has 2 heterocycles. The minimum absolute atomic E-state index is 0.0580. The number of rotatable bonds is 4. The number of halogens is 4. The molecule has 0 bridgehead atoms. The number of fused-ring (bicyclic) bond motifs is 1. The van der Waals surface area contributed by atoms with Gasteiger partial charge in [-0.15, -0.1) is 0 Å². The lowest BCUT2D eigenvalue weighted by Crippen LogP contribution is -2.28. The van der Waals surface area contributed by atoms with Crippen molar-refractivity contribution in [2.45, 2.75) is 18.5 Å². The van der Waals surface area contributed by atoms with Gasteiger partial charge in [0.1, 0.15) is 6.07 Å². The number of nitriles is 1. The van der Waals surface area contributed by atoms with Gasteiger partial charge in [0.25, 0.3) is 0 Å². The van der Waals surface area contributed by atoms with Crippen molar-refractivity contribution in [3.8, 4) is 17.3 Å². The fourth-order valence-corrected chi connectivity index (χ4v) is 3.80. The van der Waals surface area contributed by atoms with E-state index in [1.807, 2.05) is 13.0 Å². The molecule has 0 amide bonds. The molecule has 1 aromatic heterocycles. The maximum Gasteiger partial charge on any atom is 0.418 e. The number of hydrogen-bond acceptors (Lipinski definition) is 6. The molecule has 1 atom stereocenters. The quantitative estimate of drug-likeness (QED) is 0.502. The average Bonchev–Trinajstić information content (AvgIpc) is 3.10. The van der Waals surface area contributed by atoms with Gasteiger partial charge in [-0.2, -0.15) is 18.4 Å². The van der Waals surface area contributed by atoms with E-state index < -0.39 is 17.2 Å². The molecule has 32 heavy (non-hydrogen) atoms. The molecule has 3 aromatic rings. The Kier molecular flexibility index (Phi) is 5.44. The Balaban J connectivity index is 1.76. The highest BCUT2D eigenvalue weighted by molar-refractivity contribution is 6.30. The maximum absolute atomic E-state index is 13.4. The number of anilines is 3. The van der Waals surface area contributed by atoms with Crippen molar-refractivity contribution in [3.05, 3.63) is 64.3 Å². The summed E-state index contributed by atoms with van der Waals surface area (Å²) in [6, 6.07) is 10.4. The van der Waals surface area contributed by atoms with E-state index in [4.69, 9.17) is 11.6 Å². The maximum atomic E-state index is 13.4. The highest BCUT2D eigenvalue weighted by atomic mass is 35.5. The fourth-order valence-electron chi connectivity index (χ4n) is 3.63. The lowest BCUT2D eigenvalue weighted by atomic mass is 9.83. The molecule has 4 rings (SSSR count). The molecule has 6 nitrogen and oxygen atoms in total. The van der Waals surface area contributed by atoms with Crippen LogP contribution in [-0.2, 0) is 11.6 Å². The van der Waals surface area contributed by atoms with Gasteiger partial charge in [0, 0.05) is 28.7 Å². The van der Waals surface area contributed by atoms with E-state index in [9.17, 15) is 23.5 Å². The van der Waals surface area contributed by atoms with Crippen LogP contribution in [0.15, 0.2) is 42.6 Å². The first-order valence-corrected chi connectivity index (χ1v) is 9.93. The molecular formula is C22H17ClF3N5O. The number of alkyl halides is 3. The third-order valence-corrected chi connectivity index (χ3v) is 5.63. The Labute approximate surface area is 186 Å². The van der Waals surface area contributed by atoms with Crippen molar-refractivity contribution in [3.63, 3.8) is 0 Å². The molecule has 0 spiro atoms. The van der Waals surface area contributed by atoms with Gasteiger partial charge in [-0.05, 0) is 42.0 Å². The third-order valence-electron chi connectivity index (χ3n) is 5.40. The van der Waals surface area contributed by atoms with Gasteiger partial charge in [0.15, 0.2) is 0 Å². The van der Waals surface area contributed by atoms with Crippen molar-refractivity contribution in [1.29, 1.82) is 5.26 Å².